The summed E-state index contributed by atoms with van der Waals surface area (Å²) in [5.74, 6) is 0.322. The number of aryl methyl sites for hydroxylation is 1. The number of alkyl halides is 1. The molecule has 2 rings (SSSR count). The van der Waals surface area contributed by atoms with Crippen molar-refractivity contribution in [1.82, 2.24) is 4.90 Å². The van der Waals surface area contributed by atoms with E-state index < -0.39 is 0 Å². The third kappa shape index (κ3) is 3.30. The van der Waals surface area contributed by atoms with Crippen LogP contribution in [0.2, 0.25) is 0 Å². The second-order valence-electron chi connectivity index (χ2n) is 5.31. The van der Waals surface area contributed by atoms with Crippen molar-refractivity contribution in [3.8, 4) is 5.75 Å². The van der Waals surface area contributed by atoms with E-state index in [1.54, 1.807) is 18.2 Å². The largest absolute Gasteiger partial charge is 0.508 e. The van der Waals surface area contributed by atoms with Crippen LogP contribution in [-0.2, 0) is 0 Å². The summed E-state index contributed by atoms with van der Waals surface area (Å²) in [7, 11) is 0. The summed E-state index contributed by atoms with van der Waals surface area (Å²) in [5.41, 5.74) is 1.42. The Labute approximate surface area is 122 Å². The normalized spacial score (nSPS) is 20.6. The van der Waals surface area contributed by atoms with E-state index >= 15 is 0 Å². The van der Waals surface area contributed by atoms with Gasteiger partial charge in [-0.2, -0.15) is 0 Å². The summed E-state index contributed by atoms with van der Waals surface area (Å²) >= 11 is 3.57. The lowest BCUT2D eigenvalue weighted by Crippen LogP contribution is -2.36. The Bertz CT molecular complexity index is 473. The zero-order chi connectivity index (χ0) is 14.0. The second kappa shape index (κ2) is 5.95. The third-order valence-electron chi connectivity index (χ3n) is 3.68. The monoisotopic (exact) mass is 325 g/mol. The van der Waals surface area contributed by atoms with E-state index in [0.29, 0.717) is 16.4 Å². The van der Waals surface area contributed by atoms with Gasteiger partial charge in [0.25, 0.3) is 5.91 Å². The Morgan fingerprint density at radius 1 is 1.58 bits per heavy atom. The van der Waals surface area contributed by atoms with Crippen molar-refractivity contribution in [2.24, 2.45) is 0 Å². The van der Waals surface area contributed by atoms with Gasteiger partial charge in [-0.25, -0.2) is 0 Å². The minimum absolute atomic E-state index is 0.0822. The van der Waals surface area contributed by atoms with E-state index in [1.165, 1.54) is 0 Å². The number of phenolic OH excluding ortho intramolecular Hbond substituents is 1. The number of amides is 1. The topological polar surface area (TPSA) is 40.5 Å². The van der Waals surface area contributed by atoms with Crippen LogP contribution in [0.3, 0.4) is 0 Å². The molecule has 0 aromatic heterocycles. The summed E-state index contributed by atoms with van der Waals surface area (Å²) < 4.78 is 0. The first kappa shape index (κ1) is 14.4. The zero-order valence-corrected chi connectivity index (χ0v) is 13.0. The Hall–Kier alpha value is -1.03. The predicted octanol–water partition coefficient (Wildman–Crippen LogP) is 3.48. The van der Waals surface area contributed by atoms with E-state index in [-0.39, 0.29) is 11.7 Å². The molecular weight excluding hydrogens is 306 g/mol. The van der Waals surface area contributed by atoms with Gasteiger partial charge in [0.05, 0.1) is 0 Å². The molecule has 4 heteroatoms. The molecule has 0 saturated carbocycles. The van der Waals surface area contributed by atoms with Crippen molar-refractivity contribution in [2.75, 3.05) is 6.54 Å². The van der Waals surface area contributed by atoms with Crippen LogP contribution in [0.1, 0.15) is 42.1 Å². The van der Waals surface area contributed by atoms with E-state index in [1.807, 2.05) is 11.8 Å². The molecule has 1 heterocycles. The van der Waals surface area contributed by atoms with Crippen LogP contribution in [0.5, 0.6) is 5.75 Å². The first-order valence-electron chi connectivity index (χ1n) is 6.73. The van der Waals surface area contributed by atoms with Gasteiger partial charge in [-0.15, -0.1) is 0 Å². The summed E-state index contributed by atoms with van der Waals surface area (Å²) in [4.78, 5) is 14.9. The molecule has 2 atom stereocenters. The third-order valence-corrected chi connectivity index (χ3v) is 4.05. The second-order valence-corrected chi connectivity index (χ2v) is 6.88. The van der Waals surface area contributed by atoms with Crippen molar-refractivity contribution >= 4 is 21.8 Å². The van der Waals surface area contributed by atoms with Crippen LogP contribution in [0.4, 0.5) is 0 Å². The number of likely N-dealkylation sites (tertiary alicyclic amines) is 1. The lowest BCUT2D eigenvalue weighted by Gasteiger charge is -2.26. The molecule has 19 heavy (non-hydrogen) atoms. The fourth-order valence-electron chi connectivity index (χ4n) is 2.68. The van der Waals surface area contributed by atoms with E-state index in [9.17, 15) is 9.90 Å². The van der Waals surface area contributed by atoms with Crippen molar-refractivity contribution in [3.05, 3.63) is 29.3 Å². The highest BCUT2D eigenvalue weighted by atomic mass is 79.9. The molecule has 1 aliphatic rings. The highest BCUT2D eigenvalue weighted by Gasteiger charge is 2.30. The van der Waals surface area contributed by atoms with Crippen molar-refractivity contribution < 1.29 is 9.90 Å². The molecule has 0 aliphatic carbocycles. The number of aromatic hydroxyl groups is 1. The highest BCUT2D eigenvalue weighted by molar-refractivity contribution is 9.09. The molecule has 1 amide bonds. The van der Waals surface area contributed by atoms with Gasteiger partial charge in [0.15, 0.2) is 0 Å². The van der Waals surface area contributed by atoms with E-state index in [2.05, 4.69) is 22.9 Å². The van der Waals surface area contributed by atoms with Crippen LogP contribution in [0, 0.1) is 6.92 Å². The van der Waals surface area contributed by atoms with Gasteiger partial charge in [0.2, 0.25) is 0 Å². The number of nitrogens with zero attached hydrogens (tertiary/aromatic N) is 1. The average Bonchev–Trinajstić information content (AvgIpc) is 2.79. The lowest BCUT2D eigenvalue weighted by atomic mass is 10.1. The summed E-state index contributed by atoms with van der Waals surface area (Å²) in [5, 5.41) is 9.53. The maximum atomic E-state index is 12.5. The molecule has 3 nitrogen and oxygen atoms in total. The fraction of sp³-hybridized carbons (Fsp3) is 0.533. The van der Waals surface area contributed by atoms with Gasteiger partial charge >= 0.3 is 0 Å². The van der Waals surface area contributed by atoms with Gasteiger partial charge in [-0.05, 0) is 49.9 Å². The molecular formula is C15H20BrNO2. The highest BCUT2D eigenvalue weighted by Crippen LogP contribution is 2.26. The van der Waals surface area contributed by atoms with Crippen molar-refractivity contribution in [3.63, 3.8) is 0 Å². The van der Waals surface area contributed by atoms with Gasteiger partial charge in [-0.3, -0.25) is 4.79 Å². The maximum absolute atomic E-state index is 12.5. The first-order valence-corrected chi connectivity index (χ1v) is 7.65. The predicted molar refractivity (Wildman–Crippen MR) is 79.9 cm³/mol. The number of hydrogen-bond acceptors (Lipinski definition) is 2. The first-order chi connectivity index (χ1) is 8.99. The number of phenols is 1. The number of benzene rings is 1. The van der Waals surface area contributed by atoms with Gasteiger partial charge in [-0.1, -0.05) is 22.9 Å². The standard InChI is InChI=1S/C15H20BrNO2/c1-10-8-12(5-6-14(10)18)15(19)17-7-3-4-13(17)9-11(2)16/h5-6,8,11,13,18H,3-4,7,9H2,1-2H3. The minimum atomic E-state index is 0.0822. The van der Waals surface area contributed by atoms with Gasteiger partial charge < -0.3 is 10.0 Å². The molecule has 104 valence electrons. The molecule has 2 unspecified atom stereocenters. The van der Waals surface area contributed by atoms with Crippen LogP contribution in [0.15, 0.2) is 18.2 Å². The maximum Gasteiger partial charge on any atom is 0.254 e. The molecule has 0 bridgehead atoms. The van der Waals surface area contributed by atoms with Crippen LogP contribution in [0.25, 0.3) is 0 Å². The number of halogens is 1. The number of hydrogen-bond donors (Lipinski definition) is 1. The molecule has 0 radical (unpaired) electrons. The van der Waals surface area contributed by atoms with Crippen molar-refractivity contribution in [1.29, 1.82) is 0 Å². The minimum Gasteiger partial charge on any atom is -0.508 e. The van der Waals surface area contributed by atoms with Crippen LogP contribution in [-0.4, -0.2) is 33.3 Å². The molecule has 1 aliphatic heterocycles. The lowest BCUT2D eigenvalue weighted by molar-refractivity contribution is 0.0731. The van der Waals surface area contributed by atoms with Crippen LogP contribution < -0.4 is 0 Å². The number of carbonyl (C=O) groups is 1. The Morgan fingerprint density at radius 3 is 2.95 bits per heavy atom. The van der Waals surface area contributed by atoms with Gasteiger partial charge in [0.1, 0.15) is 5.75 Å². The van der Waals surface area contributed by atoms with E-state index in [0.717, 1.165) is 31.4 Å². The molecule has 1 fully saturated rings. The Kier molecular flexibility index (Phi) is 4.50. The summed E-state index contributed by atoms with van der Waals surface area (Å²) in [6.45, 7) is 4.77. The van der Waals surface area contributed by atoms with Crippen LogP contribution >= 0.6 is 15.9 Å². The Balaban J connectivity index is 2.16. The SMILES string of the molecule is Cc1cc(C(=O)N2CCCC2CC(C)Br)ccc1O. The molecule has 1 aromatic rings. The molecule has 0 spiro atoms. The molecule has 1 aromatic carbocycles. The summed E-state index contributed by atoms with van der Waals surface area (Å²) in [6.07, 6.45) is 3.15. The average molecular weight is 326 g/mol. The summed E-state index contributed by atoms with van der Waals surface area (Å²) in [6, 6.07) is 5.40. The quantitative estimate of drug-likeness (QED) is 0.864. The number of carbonyl (C=O) groups excluding carboxylic acids is 1. The zero-order valence-electron chi connectivity index (χ0n) is 11.4. The fourth-order valence-corrected chi connectivity index (χ4v) is 3.11. The molecule has 1 N–H and O–H groups in total. The Morgan fingerprint density at radius 2 is 2.32 bits per heavy atom. The number of rotatable bonds is 3. The van der Waals surface area contributed by atoms with Crippen molar-refractivity contribution in [2.45, 2.75) is 44.0 Å². The van der Waals surface area contributed by atoms with E-state index in [4.69, 9.17) is 0 Å². The van der Waals surface area contributed by atoms with Gasteiger partial charge in [0, 0.05) is 23.0 Å². The smallest absolute Gasteiger partial charge is 0.254 e. The molecule has 1 saturated heterocycles.